The van der Waals surface area contributed by atoms with Gasteiger partial charge in [-0.2, -0.15) is 0 Å². The van der Waals surface area contributed by atoms with E-state index in [1.807, 2.05) is 0 Å². The molecule has 0 unspecified atom stereocenters. The lowest BCUT2D eigenvalue weighted by molar-refractivity contribution is -0.119. The van der Waals surface area contributed by atoms with Crippen molar-refractivity contribution in [3.05, 3.63) is 0 Å². The molecular weight excluding hydrogens is 440 g/mol. The van der Waals surface area contributed by atoms with Crippen LogP contribution >= 0.6 is 15.9 Å². The van der Waals surface area contributed by atoms with Gasteiger partial charge in [-0.15, -0.1) is 0 Å². The van der Waals surface area contributed by atoms with E-state index in [-0.39, 0.29) is 18.2 Å². The Morgan fingerprint density at radius 2 is 1.00 bits per heavy atom. The average molecular weight is 473 g/mol. The average Bonchev–Trinajstić information content (AvgIpc) is 2.68. The fourth-order valence-electron chi connectivity index (χ4n) is 1.68. The van der Waals surface area contributed by atoms with E-state index in [1.54, 1.807) is 0 Å². The monoisotopic (exact) mass is 472 g/mol. The van der Waals surface area contributed by atoms with Crippen molar-refractivity contribution in [1.29, 1.82) is 0 Å². The first-order valence-electron chi connectivity index (χ1n) is 9.24. The van der Waals surface area contributed by atoms with E-state index in [0.29, 0.717) is 91.2 Å². The lowest BCUT2D eigenvalue weighted by Gasteiger charge is -2.08. The zero-order valence-electron chi connectivity index (χ0n) is 16.3. The topological polar surface area (TPSA) is 128 Å². The predicted octanol–water partition coefficient (Wildman–Crippen LogP) is -0.527. The molecule has 0 saturated carbocycles. The van der Waals surface area contributed by atoms with Gasteiger partial charge >= 0.3 is 0 Å². The lowest BCUT2D eigenvalue weighted by Crippen LogP contribution is -2.28. The molecule has 11 heteroatoms. The molecular formula is C17H33BrN2O8. The molecule has 0 radical (unpaired) electrons. The minimum atomic E-state index is -0.374. The summed E-state index contributed by atoms with van der Waals surface area (Å²) in [7, 11) is 0. The van der Waals surface area contributed by atoms with Crippen molar-refractivity contribution >= 4 is 27.7 Å². The number of nitrogens with one attached hydrogen (secondary N) is 1. The fourth-order valence-corrected chi connectivity index (χ4v) is 1.88. The maximum Gasteiger partial charge on any atom is 0.230 e. The van der Waals surface area contributed by atoms with E-state index >= 15 is 0 Å². The Morgan fingerprint density at radius 3 is 1.36 bits per heavy atom. The normalized spacial score (nSPS) is 10.9. The summed E-state index contributed by atoms with van der Waals surface area (Å²) in [4.78, 5) is 21.4. The van der Waals surface area contributed by atoms with Crippen molar-refractivity contribution in [1.82, 2.24) is 5.32 Å². The van der Waals surface area contributed by atoms with E-state index < -0.39 is 0 Å². The van der Waals surface area contributed by atoms with Gasteiger partial charge in [0.1, 0.15) is 0 Å². The molecule has 0 rings (SSSR count). The molecule has 0 aromatic heterocycles. The third kappa shape index (κ3) is 23.2. The largest absolute Gasteiger partial charge is 0.379 e. The van der Waals surface area contributed by atoms with Crippen molar-refractivity contribution in [3.63, 3.8) is 0 Å². The molecule has 10 nitrogen and oxygen atoms in total. The number of hydrogen-bond acceptors (Lipinski definition) is 8. The summed E-state index contributed by atoms with van der Waals surface area (Å²) in [5.74, 6) is -0.432. The van der Waals surface area contributed by atoms with E-state index in [1.165, 1.54) is 0 Å². The summed E-state index contributed by atoms with van der Waals surface area (Å²) in [6.45, 7) is 6.01. The molecule has 0 aliphatic carbocycles. The minimum Gasteiger partial charge on any atom is -0.379 e. The summed E-state index contributed by atoms with van der Waals surface area (Å²) in [5, 5.41) is 2.98. The second-order valence-corrected chi connectivity index (χ2v) is 5.93. The van der Waals surface area contributed by atoms with Crippen LogP contribution in [0.5, 0.6) is 0 Å². The van der Waals surface area contributed by atoms with Crippen LogP contribution < -0.4 is 11.1 Å². The maximum absolute atomic E-state index is 10.9. The molecule has 0 saturated heterocycles. The van der Waals surface area contributed by atoms with Crippen molar-refractivity contribution in [2.45, 2.75) is 6.42 Å². The summed E-state index contributed by atoms with van der Waals surface area (Å²) in [6, 6.07) is 0. The predicted molar refractivity (Wildman–Crippen MR) is 106 cm³/mol. The molecule has 0 aliphatic heterocycles. The molecule has 0 atom stereocenters. The molecule has 0 fully saturated rings. The fraction of sp³-hybridized carbons (Fsp3) is 0.882. The molecule has 0 spiro atoms. The van der Waals surface area contributed by atoms with Crippen molar-refractivity contribution in [2.75, 3.05) is 91.2 Å². The molecule has 3 N–H and O–H groups in total. The second kappa shape index (κ2) is 22.5. The Balaban J connectivity index is 3.03. The van der Waals surface area contributed by atoms with Crippen LogP contribution in [0.25, 0.3) is 0 Å². The van der Waals surface area contributed by atoms with E-state index in [0.717, 1.165) is 0 Å². The highest BCUT2D eigenvalue weighted by Gasteiger charge is 1.97. The first-order chi connectivity index (χ1) is 13.7. The van der Waals surface area contributed by atoms with Gasteiger partial charge in [-0.25, -0.2) is 0 Å². The first-order valence-corrected chi connectivity index (χ1v) is 10.4. The summed E-state index contributed by atoms with van der Waals surface area (Å²) < 4.78 is 31.8. The van der Waals surface area contributed by atoms with E-state index in [4.69, 9.17) is 34.2 Å². The number of primary amides is 1. The standard InChI is InChI=1S/C17H33BrN2O8/c18-15-17(22)20-2-4-24-6-8-26-10-12-28-14-13-27-11-9-25-7-5-23-3-1-16(19)21/h1-15H2,(H2,19,21)(H,20,22). The van der Waals surface area contributed by atoms with Crippen LogP contribution in [0, 0.1) is 0 Å². The van der Waals surface area contributed by atoms with E-state index in [9.17, 15) is 9.59 Å². The summed E-state index contributed by atoms with van der Waals surface area (Å²) in [6.07, 6.45) is 0.223. The van der Waals surface area contributed by atoms with Gasteiger partial charge in [0, 0.05) is 13.0 Å². The van der Waals surface area contributed by atoms with Gasteiger partial charge in [-0.3, -0.25) is 9.59 Å². The van der Waals surface area contributed by atoms with Crippen LogP contribution in [0.4, 0.5) is 0 Å². The van der Waals surface area contributed by atoms with Gasteiger partial charge in [0.05, 0.1) is 84.6 Å². The minimum absolute atomic E-state index is 0.0585. The van der Waals surface area contributed by atoms with Gasteiger partial charge in [0.25, 0.3) is 0 Å². The Kier molecular flexibility index (Phi) is 21.8. The molecule has 2 amide bonds. The number of alkyl halides is 1. The Hall–Kier alpha value is -0.820. The quantitative estimate of drug-likeness (QED) is 0.159. The number of nitrogens with two attached hydrogens (primary N) is 1. The van der Waals surface area contributed by atoms with Crippen LogP contribution in [0.2, 0.25) is 0 Å². The van der Waals surface area contributed by atoms with Crippen LogP contribution in [0.15, 0.2) is 0 Å². The molecule has 0 bridgehead atoms. The van der Waals surface area contributed by atoms with Gasteiger partial charge in [-0.1, -0.05) is 15.9 Å². The zero-order chi connectivity index (χ0) is 20.7. The lowest BCUT2D eigenvalue weighted by atomic mass is 10.4. The Morgan fingerprint density at radius 1 is 0.643 bits per heavy atom. The Bertz CT molecular complexity index is 377. The smallest absolute Gasteiger partial charge is 0.230 e. The van der Waals surface area contributed by atoms with Crippen molar-refractivity contribution in [3.8, 4) is 0 Å². The van der Waals surface area contributed by atoms with Gasteiger partial charge in [0.15, 0.2) is 0 Å². The van der Waals surface area contributed by atoms with Gasteiger partial charge in [0.2, 0.25) is 11.8 Å². The number of ether oxygens (including phenoxy) is 6. The third-order valence-corrected chi connectivity index (χ3v) is 3.55. The molecule has 0 aromatic carbocycles. The first kappa shape index (κ1) is 27.2. The van der Waals surface area contributed by atoms with Crippen LogP contribution in [0.1, 0.15) is 6.42 Å². The molecule has 0 aliphatic rings. The van der Waals surface area contributed by atoms with Crippen LogP contribution in [0.3, 0.4) is 0 Å². The summed E-state index contributed by atoms with van der Waals surface area (Å²) >= 11 is 3.06. The molecule has 0 heterocycles. The van der Waals surface area contributed by atoms with Gasteiger partial charge in [-0.05, 0) is 0 Å². The van der Waals surface area contributed by atoms with Crippen LogP contribution in [-0.2, 0) is 38.0 Å². The highest BCUT2D eigenvalue weighted by molar-refractivity contribution is 9.09. The molecule has 28 heavy (non-hydrogen) atoms. The number of carbonyl (C=O) groups excluding carboxylic acids is 2. The van der Waals surface area contributed by atoms with Crippen molar-refractivity contribution in [2.24, 2.45) is 5.73 Å². The number of rotatable bonds is 22. The Labute approximate surface area is 174 Å². The zero-order valence-corrected chi connectivity index (χ0v) is 17.9. The highest BCUT2D eigenvalue weighted by atomic mass is 79.9. The van der Waals surface area contributed by atoms with Crippen molar-refractivity contribution < 1.29 is 38.0 Å². The van der Waals surface area contributed by atoms with E-state index in [2.05, 4.69) is 21.2 Å². The molecule has 166 valence electrons. The van der Waals surface area contributed by atoms with Crippen LogP contribution in [-0.4, -0.2) is 103 Å². The number of amides is 2. The third-order valence-electron chi connectivity index (χ3n) is 3.04. The number of hydrogen-bond donors (Lipinski definition) is 2. The number of carbonyl (C=O) groups is 2. The SMILES string of the molecule is NC(=O)CCOCCOCCOCCOCCOCCOCCNC(=O)CBr. The maximum atomic E-state index is 10.9. The van der Waals surface area contributed by atoms with Gasteiger partial charge < -0.3 is 39.5 Å². The summed E-state index contributed by atoms with van der Waals surface area (Å²) in [5.41, 5.74) is 4.98. The second-order valence-electron chi connectivity index (χ2n) is 5.37. The molecule has 0 aromatic rings. The highest BCUT2D eigenvalue weighted by Crippen LogP contribution is 1.86. The number of halogens is 1.